The van der Waals surface area contributed by atoms with Crippen LogP contribution in [0.1, 0.15) is 106 Å². The van der Waals surface area contributed by atoms with E-state index in [1.54, 1.807) is 69.0 Å². The Bertz CT molecular complexity index is 3680. The quantitative estimate of drug-likeness (QED) is 0.0589. The van der Waals surface area contributed by atoms with Gasteiger partial charge in [-0.2, -0.15) is 0 Å². The molecule has 5 aliphatic rings. The third kappa shape index (κ3) is 15.2. The van der Waals surface area contributed by atoms with Crippen molar-refractivity contribution in [1.82, 2.24) is 29.8 Å². The first kappa shape index (κ1) is 68.0. The summed E-state index contributed by atoms with van der Waals surface area (Å²) in [6.07, 6.45) is -0.700. The summed E-state index contributed by atoms with van der Waals surface area (Å²) in [5, 5.41) is 21.2. The molecule has 5 aliphatic heterocycles. The number of benzene rings is 5. The number of para-hydroxylation sites is 1. The fourth-order valence-electron chi connectivity index (χ4n) is 13.0. The molecule has 7 atom stereocenters. The van der Waals surface area contributed by atoms with Gasteiger partial charge in [-0.25, -0.2) is 22.8 Å². The molecule has 500 valence electrons. The number of likely N-dealkylation sites (N-methyl/N-ethyl adjacent to an activating group) is 1. The number of hydrogen-bond acceptors (Lipinski definition) is 13. The maximum atomic E-state index is 15.2. The van der Waals surface area contributed by atoms with Crippen LogP contribution in [0, 0.1) is 23.4 Å². The Labute approximate surface area is 544 Å². The number of nitrogens with one attached hydrogen (secondary N) is 4. The first-order chi connectivity index (χ1) is 44.7. The molecule has 0 radical (unpaired) electrons. The summed E-state index contributed by atoms with van der Waals surface area (Å²) >= 11 is 0. The van der Waals surface area contributed by atoms with Crippen molar-refractivity contribution in [3.63, 3.8) is 0 Å². The average Bonchev–Trinajstić information content (AvgIpc) is 1.65. The molecule has 94 heavy (non-hydrogen) atoms. The third-order valence-electron chi connectivity index (χ3n) is 18.5. The second-order valence-electron chi connectivity index (χ2n) is 26.3. The molecular formula is C69H81F3N10O12. The summed E-state index contributed by atoms with van der Waals surface area (Å²) in [6.45, 7) is 15.1. The molecule has 8 amide bonds. The number of rotatable bonds is 17. The zero-order valence-electron chi connectivity index (χ0n) is 54.0. The van der Waals surface area contributed by atoms with E-state index < -0.39 is 100 Å². The second-order valence-corrected chi connectivity index (χ2v) is 26.3. The van der Waals surface area contributed by atoms with E-state index in [1.165, 1.54) is 54.1 Å². The van der Waals surface area contributed by atoms with E-state index in [9.17, 15) is 43.1 Å². The van der Waals surface area contributed by atoms with Gasteiger partial charge in [0.1, 0.15) is 46.9 Å². The number of piperazine rings is 1. The van der Waals surface area contributed by atoms with E-state index in [2.05, 4.69) is 33.1 Å². The molecule has 1 unspecified atom stereocenters. The van der Waals surface area contributed by atoms with E-state index >= 15 is 13.6 Å². The molecule has 5 heterocycles. The standard InChI is InChI=1S/C69H81F3N10O12/c1-40-33-79(51(36-80(40)66(89)90)35-78-26-29-93-38-41(78)2)37-57(83)82-39-69(7,53-23-14-44(31-56(53)82)30-43-12-18-48(70)19-13-43)65(88)74-49-20-15-46(16-21-49)62(85)73-50-22-17-47-34-81(60(52(47)32-50)63(86)76-59-54(71)10-9-11-55(59)72)64(87)58(45-24-27-92-28-25-45)75-61(84)42(3)77(8)67(91)94-68(4,5)6/h9-23,31-32,40-42,45,51,58,60H,24-30,33-39H2,1-8H3,(H,73,85)(H,74,88)(H,75,84)(H,76,86)(H,89,90)/t40-,41-,42+,51+,58+,60+,69?/m1/s1. The first-order valence-corrected chi connectivity index (χ1v) is 31.6. The van der Waals surface area contributed by atoms with Gasteiger partial charge in [0, 0.05) is 100 Å². The van der Waals surface area contributed by atoms with Crippen LogP contribution in [0.4, 0.5) is 45.5 Å². The van der Waals surface area contributed by atoms with Crippen molar-refractivity contribution in [1.29, 1.82) is 0 Å². The number of morpholine rings is 1. The van der Waals surface area contributed by atoms with Crippen LogP contribution in [0.25, 0.3) is 0 Å². The van der Waals surface area contributed by atoms with Gasteiger partial charge in [0.05, 0.1) is 25.2 Å². The van der Waals surface area contributed by atoms with Gasteiger partial charge in [-0.3, -0.25) is 43.5 Å². The fourth-order valence-corrected chi connectivity index (χ4v) is 13.0. The minimum Gasteiger partial charge on any atom is -0.465 e. The Morgan fingerprint density at radius 1 is 0.777 bits per heavy atom. The highest BCUT2D eigenvalue weighted by atomic mass is 19.1. The molecular weight excluding hydrogens is 1220 g/mol. The van der Waals surface area contributed by atoms with E-state index in [0.29, 0.717) is 74.6 Å². The first-order valence-electron chi connectivity index (χ1n) is 31.6. The summed E-state index contributed by atoms with van der Waals surface area (Å²) in [5.74, 6) is -6.71. The molecule has 25 heteroatoms. The van der Waals surface area contributed by atoms with Crippen LogP contribution in [0.5, 0.6) is 0 Å². The molecule has 5 aromatic carbocycles. The summed E-state index contributed by atoms with van der Waals surface area (Å²) < 4.78 is 61.1. The van der Waals surface area contributed by atoms with E-state index in [0.717, 1.165) is 34.2 Å². The summed E-state index contributed by atoms with van der Waals surface area (Å²) in [5.41, 5.74) is 1.19. The lowest BCUT2D eigenvalue weighted by Gasteiger charge is -2.47. The molecule has 3 saturated heterocycles. The lowest BCUT2D eigenvalue weighted by Crippen LogP contribution is -2.64. The molecule has 10 rings (SSSR count). The number of amides is 8. The van der Waals surface area contributed by atoms with Gasteiger partial charge in [-0.05, 0) is 168 Å². The maximum Gasteiger partial charge on any atom is 0.410 e. The highest BCUT2D eigenvalue weighted by molar-refractivity contribution is 6.08. The summed E-state index contributed by atoms with van der Waals surface area (Å²) in [4.78, 5) is 123. The molecule has 5 N–H and O–H groups in total. The summed E-state index contributed by atoms with van der Waals surface area (Å²) in [7, 11) is 1.39. The van der Waals surface area contributed by atoms with Crippen LogP contribution in [-0.4, -0.2) is 186 Å². The average molecular weight is 1300 g/mol. The van der Waals surface area contributed by atoms with E-state index in [4.69, 9.17) is 14.2 Å². The molecule has 22 nitrogen and oxygen atoms in total. The Kier molecular flexibility index (Phi) is 20.5. The molecule has 3 fully saturated rings. The number of fused-ring (bicyclic) bond motifs is 2. The van der Waals surface area contributed by atoms with Crippen molar-refractivity contribution in [3.05, 3.63) is 154 Å². The van der Waals surface area contributed by atoms with Crippen molar-refractivity contribution in [2.45, 2.75) is 122 Å². The Morgan fingerprint density at radius 3 is 2.13 bits per heavy atom. The number of nitrogens with zero attached hydrogens (tertiary/aromatic N) is 6. The molecule has 0 aliphatic carbocycles. The monoisotopic (exact) mass is 1300 g/mol. The van der Waals surface area contributed by atoms with E-state index in [1.807, 2.05) is 30.0 Å². The molecule has 0 bridgehead atoms. The number of ether oxygens (including phenoxy) is 3. The number of anilines is 4. The number of carbonyl (C=O) groups is 8. The molecule has 5 aromatic rings. The van der Waals surface area contributed by atoms with Crippen molar-refractivity contribution in [2.75, 3.05) is 93.6 Å². The van der Waals surface area contributed by atoms with Crippen LogP contribution in [0.15, 0.2) is 103 Å². The molecule has 0 spiro atoms. The highest BCUT2D eigenvalue weighted by Gasteiger charge is 2.49. The Hall–Kier alpha value is -8.91. The van der Waals surface area contributed by atoms with E-state index in [-0.39, 0.29) is 80.0 Å². The normalized spacial score (nSPS) is 21.5. The fraction of sp³-hybridized carbons (Fsp3) is 0.449. The van der Waals surface area contributed by atoms with Crippen molar-refractivity contribution in [2.24, 2.45) is 5.92 Å². The SMILES string of the molecule is C[C@@H]1COCCN1C[C@H]1CN(C(=O)O)[C@H](C)CN1CC(=O)N1CC(C)(C(=O)Nc2ccc(C(=O)Nc3ccc4c(c3)[C@@H](C(=O)Nc3c(F)cccc3F)N(C(=O)[C@@H](NC(=O)[C@H](C)N(C)C(=O)OC(C)(C)C)C3CCOCC3)C4)cc2)c2ccc(Cc3ccc(F)cc3)cc21. The number of carboxylic acid groups (broad SMARTS) is 1. The molecule has 0 saturated carbocycles. The minimum atomic E-state index is -1.54. The van der Waals surface area contributed by atoms with Gasteiger partial charge in [-0.1, -0.05) is 36.4 Å². The second kappa shape index (κ2) is 28.4. The number of hydrogen-bond donors (Lipinski definition) is 5. The number of carbonyl (C=O) groups excluding carboxylic acids is 7. The predicted octanol–water partition coefficient (Wildman–Crippen LogP) is 8.15. The lowest BCUT2D eigenvalue weighted by molar-refractivity contribution is -0.144. The van der Waals surface area contributed by atoms with Crippen molar-refractivity contribution in [3.8, 4) is 0 Å². The zero-order chi connectivity index (χ0) is 67.5. The zero-order valence-corrected chi connectivity index (χ0v) is 54.0. The highest BCUT2D eigenvalue weighted by Crippen LogP contribution is 2.44. The van der Waals surface area contributed by atoms with Crippen LogP contribution >= 0.6 is 0 Å². The van der Waals surface area contributed by atoms with Crippen LogP contribution < -0.4 is 26.2 Å². The molecule has 0 aromatic heterocycles. The topological polar surface area (TPSA) is 252 Å². The van der Waals surface area contributed by atoms with Crippen molar-refractivity contribution < 1.29 is 70.8 Å². The largest absolute Gasteiger partial charge is 0.465 e. The van der Waals surface area contributed by atoms with Crippen LogP contribution in [0.3, 0.4) is 0 Å². The van der Waals surface area contributed by atoms with Crippen LogP contribution in [-0.2, 0) is 56.6 Å². The van der Waals surface area contributed by atoms with Crippen molar-refractivity contribution >= 4 is 70.4 Å². The van der Waals surface area contributed by atoms with Gasteiger partial charge in [0.15, 0.2) is 0 Å². The Balaban J connectivity index is 0.869. The Morgan fingerprint density at radius 2 is 1.46 bits per heavy atom. The maximum absolute atomic E-state index is 15.2. The van der Waals surface area contributed by atoms with Crippen LogP contribution in [0.2, 0.25) is 0 Å². The smallest absolute Gasteiger partial charge is 0.410 e. The van der Waals surface area contributed by atoms with Gasteiger partial charge in [0.2, 0.25) is 23.6 Å². The third-order valence-corrected chi connectivity index (χ3v) is 18.5. The predicted molar refractivity (Wildman–Crippen MR) is 343 cm³/mol. The van der Waals surface area contributed by atoms with Gasteiger partial charge < -0.3 is 55.3 Å². The van der Waals surface area contributed by atoms with Gasteiger partial charge in [-0.15, -0.1) is 0 Å². The minimum absolute atomic E-state index is 0.0416. The number of halogens is 3. The van der Waals surface area contributed by atoms with Gasteiger partial charge in [0.25, 0.3) is 11.8 Å². The van der Waals surface area contributed by atoms with Gasteiger partial charge >= 0.3 is 12.2 Å². The summed E-state index contributed by atoms with van der Waals surface area (Å²) in [6, 6.07) is 21.0. The lowest BCUT2D eigenvalue weighted by atomic mass is 9.83.